The number of rotatable bonds is 4. The molecule has 0 atom stereocenters. The monoisotopic (exact) mass is 568 g/mol. The summed E-state index contributed by atoms with van der Waals surface area (Å²) in [6.07, 6.45) is 1.45. The highest BCUT2D eigenvalue weighted by Gasteiger charge is 2.24. The van der Waals surface area contributed by atoms with Crippen LogP contribution in [0, 0.1) is 0 Å². The molecule has 3 nitrogen and oxygen atoms in total. The lowest BCUT2D eigenvalue weighted by molar-refractivity contribution is 0.798. The molecule has 2 aromatic heterocycles. The Morgan fingerprint density at radius 2 is 1.09 bits per heavy atom. The Balaban J connectivity index is 1.30. The molecule has 210 valence electrons. The second kappa shape index (κ2) is 9.82. The second-order valence-corrected chi connectivity index (χ2v) is 11.6. The molecule has 2 heterocycles. The summed E-state index contributed by atoms with van der Waals surface area (Å²) in [7, 11) is 0. The molecule has 0 unspecified atom stereocenters. The van der Waals surface area contributed by atoms with E-state index in [0.29, 0.717) is 12.8 Å². The Labute approximate surface area is 260 Å². The summed E-state index contributed by atoms with van der Waals surface area (Å²) in [5.41, 5.74) is 15.9. The molecule has 44 heavy (non-hydrogen) atoms. The van der Waals surface area contributed by atoms with Gasteiger partial charge in [-0.2, -0.15) is 0 Å². The first-order valence-electron chi connectivity index (χ1n) is 16.8. The van der Waals surface area contributed by atoms with Gasteiger partial charge in [0.25, 0.3) is 0 Å². The van der Waals surface area contributed by atoms with E-state index in [4.69, 9.17) is 9.10 Å². The van der Waals surface area contributed by atoms with Gasteiger partial charge in [0.2, 0.25) is 5.78 Å². The fourth-order valence-electron chi connectivity index (χ4n) is 7.21. The van der Waals surface area contributed by atoms with Gasteiger partial charge in [-0.1, -0.05) is 116 Å². The van der Waals surface area contributed by atoms with Crippen molar-refractivity contribution in [2.24, 2.45) is 0 Å². The summed E-state index contributed by atoms with van der Waals surface area (Å²) in [5.74, 6) is 0.842. The number of imidazole rings is 2. The van der Waals surface area contributed by atoms with Crippen LogP contribution in [0.3, 0.4) is 0 Å². The molecule has 0 aliphatic heterocycles. The van der Waals surface area contributed by atoms with Crippen molar-refractivity contribution in [1.82, 2.24) is 14.0 Å². The molecule has 6 aromatic carbocycles. The van der Waals surface area contributed by atoms with Crippen molar-refractivity contribution >= 4 is 27.8 Å². The number of nitrogens with zero attached hydrogens (tertiary/aromatic N) is 3. The van der Waals surface area contributed by atoms with Gasteiger partial charge in [0.1, 0.15) is 0 Å². The van der Waals surface area contributed by atoms with E-state index in [1.807, 2.05) is 0 Å². The van der Waals surface area contributed by atoms with E-state index in [1.165, 1.54) is 44.5 Å². The normalized spacial score (nSPS) is 13.3. The Kier molecular flexibility index (Phi) is 4.95. The quantitative estimate of drug-likeness (QED) is 0.207. The average Bonchev–Trinajstić information content (AvgIpc) is 3.62. The first kappa shape index (κ1) is 22.2. The number of hydrogen-bond donors (Lipinski definition) is 0. The molecule has 0 spiro atoms. The molecular weight excluding hydrogens is 534 g/mol. The summed E-state index contributed by atoms with van der Waals surface area (Å²) in [6, 6.07) is 47.7. The van der Waals surface area contributed by atoms with Crippen molar-refractivity contribution < 1.29 is 4.11 Å². The summed E-state index contributed by atoms with van der Waals surface area (Å²) >= 11 is 0. The van der Waals surface area contributed by atoms with Crippen LogP contribution in [0.1, 0.15) is 29.4 Å². The Bertz CT molecular complexity index is 2490. The van der Waals surface area contributed by atoms with Gasteiger partial charge in [0.05, 0.1) is 22.1 Å². The Morgan fingerprint density at radius 1 is 0.545 bits per heavy atom. The molecular formula is C41H31N3. The van der Waals surface area contributed by atoms with Gasteiger partial charge < -0.3 is 0 Å². The Hall–Kier alpha value is -5.41. The lowest BCUT2D eigenvalue weighted by atomic mass is 9.81. The molecule has 3 heteroatoms. The third-order valence-corrected chi connectivity index (χ3v) is 9.14. The predicted octanol–water partition coefficient (Wildman–Crippen LogP) is 10.8. The van der Waals surface area contributed by atoms with Crippen molar-refractivity contribution in [2.45, 2.75) is 26.1 Å². The first-order chi connectivity index (χ1) is 23.0. The highest BCUT2D eigenvalue weighted by molar-refractivity contribution is 6.03. The van der Waals surface area contributed by atoms with Crippen LogP contribution >= 0.6 is 0 Å². The summed E-state index contributed by atoms with van der Waals surface area (Å²) in [6.45, 7) is -1.93. The standard InChI is InChI=1S/C41H31N3/c1-2-3-13-27-14-12-23-39-40(27)42-41-43(37-21-10-11-22-38(37)44(39)41)28-24-25-35-33-19-7-6-17-31(33)29-15-4-5-16-30(29)32-18-8-9-20-34(32)36(35)26-28/h4-12,14-26H,2-3,13H2,1H3/i1D3. The smallest absolute Gasteiger partial charge is 0.220 e. The second-order valence-electron chi connectivity index (χ2n) is 11.6. The predicted molar refractivity (Wildman–Crippen MR) is 183 cm³/mol. The molecule has 1 aliphatic rings. The van der Waals surface area contributed by atoms with Crippen LogP contribution in [0.4, 0.5) is 0 Å². The number of fused-ring (bicyclic) bond motifs is 13. The van der Waals surface area contributed by atoms with Crippen molar-refractivity contribution in [3.8, 4) is 50.2 Å². The third-order valence-electron chi connectivity index (χ3n) is 9.14. The molecule has 0 saturated carbocycles. The summed E-state index contributed by atoms with van der Waals surface area (Å²) < 4.78 is 27.5. The number of para-hydroxylation sites is 3. The maximum Gasteiger partial charge on any atom is 0.220 e. The zero-order chi connectivity index (χ0) is 31.7. The van der Waals surface area contributed by atoms with Crippen LogP contribution in [-0.2, 0) is 6.42 Å². The third kappa shape index (κ3) is 3.59. The van der Waals surface area contributed by atoms with Crippen molar-refractivity contribution in [3.05, 3.63) is 139 Å². The zero-order valence-corrected chi connectivity index (χ0v) is 24.2. The van der Waals surface area contributed by atoms with Crippen molar-refractivity contribution in [1.29, 1.82) is 0 Å². The minimum absolute atomic E-state index is 0.191. The SMILES string of the molecule is [2H]C([2H])([2H])CCCc1cccc2c1nc1n(-c3ccc4c(c3)-c3ccccc3-c3ccccc3-c3ccccc3-4)c3ccccc3n21. The van der Waals surface area contributed by atoms with E-state index in [9.17, 15) is 0 Å². The summed E-state index contributed by atoms with van der Waals surface area (Å²) in [5, 5.41) is 0. The van der Waals surface area contributed by atoms with Crippen LogP contribution in [0.25, 0.3) is 78.0 Å². The van der Waals surface area contributed by atoms with E-state index in [0.717, 1.165) is 39.1 Å². The maximum absolute atomic E-state index is 7.66. The minimum atomic E-state index is -1.93. The number of aryl methyl sites for hydroxylation is 1. The molecule has 0 saturated heterocycles. The first-order valence-corrected chi connectivity index (χ1v) is 15.3. The van der Waals surface area contributed by atoms with Crippen LogP contribution < -0.4 is 0 Å². The van der Waals surface area contributed by atoms with Gasteiger partial charge in [0, 0.05) is 9.80 Å². The van der Waals surface area contributed by atoms with Gasteiger partial charge in [0.15, 0.2) is 0 Å². The lowest BCUT2D eigenvalue weighted by Crippen LogP contribution is -2.00. The fraction of sp³-hybridized carbons (Fsp3) is 0.0976. The lowest BCUT2D eigenvalue weighted by Gasteiger charge is -2.23. The van der Waals surface area contributed by atoms with Crippen LogP contribution in [0.2, 0.25) is 0 Å². The van der Waals surface area contributed by atoms with E-state index in [2.05, 4.69) is 142 Å². The zero-order valence-electron chi connectivity index (χ0n) is 27.2. The van der Waals surface area contributed by atoms with Crippen molar-refractivity contribution in [3.63, 3.8) is 0 Å². The molecule has 0 radical (unpaired) electrons. The highest BCUT2D eigenvalue weighted by Crippen LogP contribution is 2.48. The van der Waals surface area contributed by atoms with Crippen LogP contribution in [0.5, 0.6) is 0 Å². The summed E-state index contributed by atoms with van der Waals surface area (Å²) in [4.78, 5) is 5.28. The molecule has 0 amide bonds. The largest absolute Gasteiger partial charge is 0.278 e. The van der Waals surface area contributed by atoms with Gasteiger partial charge >= 0.3 is 0 Å². The number of aromatic nitrogens is 3. The molecule has 0 bridgehead atoms. The molecule has 0 N–H and O–H groups in total. The number of benzene rings is 6. The number of hydrogen-bond acceptors (Lipinski definition) is 1. The van der Waals surface area contributed by atoms with Gasteiger partial charge in [-0.15, -0.1) is 0 Å². The van der Waals surface area contributed by atoms with Gasteiger partial charge in [-0.25, -0.2) is 4.98 Å². The highest BCUT2D eigenvalue weighted by atomic mass is 15.2. The Morgan fingerprint density at radius 3 is 1.73 bits per heavy atom. The average molecular weight is 569 g/mol. The van der Waals surface area contributed by atoms with Gasteiger partial charge in [-0.3, -0.25) is 8.97 Å². The van der Waals surface area contributed by atoms with Crippen LogP contribution in [-0.4, -0.2) is 14.0 Å². The molecule has 9 rings (SSSR count). The van der Waals surface area contributed by atoms with Crippen LogP contribution in [0.15, 0.2) is 133 Å². The topological polar surface area (TPSA) is 22.2 Å². The maximum atomic E-state index is 7.66. The van der Waals surface area contributed by atoms with E-state index >= 15 is 0 Å². The van der Waals surface area contributed by atoms with Crippen molar-refractivity contribution in [2.75, 3.05) is 0 Å². The van der Waals surface area contributed by atoms with E-state index in [1.54, 1.807) is 0 Å². The molecule has 8 aromatic rings. The van der Waals surface area contributed by atoms with E-state index in [-0.39, 0.29) is 6.42 Å². The molecule has 1 aliphatic carbocycles. The molecule has 0 fully saturated rings. The fourth-order valence-corrected chi connectivity index (χ4v) is 7.21. The minimum Gasteiger partial charge on any atom is -0.278 e. The van der Waals surface area contributed by atoms with Gasteiger partial charge in [-0.05, 0) is 93.2 Å². The van der Waals surface area contributed by atoms with E-state index < -0.39 is 6.85 Å².